The number of fused-ring (bicyclic) bond motifs is 1. The molecular weight excluding hydrogens is 320 g/mol. The molecule has 2 amide bonds. The lowest BCUT2D eigenvalue weighted by Crippen LogP contribution is -2.32. The van der Waals surface area contributed by atoms with Crippen molar-refractivity contribution in [2.45, 2.75) is 45.6 Å². The number of amides is 2. The van der Waals surface area contributed by atoms with Crippen LogP contribution in [0.2, 0.25) is 0 Å². The molecular formula is C19H28N2O4. The minimum Gasteiger partial charge on any atom is -0.459 e. The summed E-state index contributed by atoms with van der Waals surface area (Å²) in [5.74, 6) is -1.05. The number of esters is 1. The van der Waals surface area contributed by atoms with Crippen LogP contribution in [-0.2, 0) is 19.1 Å². The fourth-order valence-corrected chi connectivity index (χ4v) is 3.03. The lowest BCUT2D eigenvalue weighted by atomic mass is 9.91. The summed E-state index contributed by atoms with van der Waals surface area (Å²) in [7, 11) is 0. The summed E-state index contributed by atoms with van der Waals surface area (Å²) in [6.07, 6.45) is 9.82. The Morgan fingerprint density at radius 3 is 2.24 bits per heavy atom. The van der Waals surface area contributed by atoms with Crippen LogP contribution in [0, 0.1) is 11.8 Å². The normalized spacial score (nSPS) is 22.4. The molecule has 1 fully saturated rings. The second-order valence-electron chi connectivity index (χ2n) is 7.47. The van der Waals surface area contributed by atoms with Gasteiger partial charge in [0.2, 0.25) is 11.8 Å². The molecule has 0 spiro atoms. The molecule has 6 nitrogen and oxygen atoms in total. The number of unbranched alkanes of at least 4 members (excludes halogenated alkanes) is 2. The molecule has 1 saturated heterocycles. The molecule has 1 aliphatic heterocycles. The number of allylic oxidation sites excluding steroid dienone is 2. The largest absolute Gasteiger partial charge is 0.459 e. The average Bonchev–Trinajstić information content (AvgIpc) is 2.77. The molecule has 0 bridgehead atoms. The number of hydrogen-bond donors (Lipinski definition) is 1. The first-order valence-corrected chi connectivity index (χ1v) is 8.92. The van der Waals surface area contributed by atoms with Gasteiger partial charge in [0.05, 0.1) is 18.4 Å². The first-order valence-electron chi connectivity index (χ1n) is 8.92. The molecule has 2 atom stereocenters. The van der Waals surface area contributed by atoms with Gasteiger partial charge in [0.25, 0.3) is 0 Å². The van der Waals surface area contributed by atoms with E-state index in [1.165, 1.54) is 4.90 Å². The maximum absolute atomic E-state index is 12.3. The SMILES string of the molecule is CC(C)(C)OC(=O)CNCCCCCN1C(=O)C2C=CC=CC2C1=O. The van der Waals surface area contributed by atoms with E-state index in [-0.39, 0.29) is 36.2 Å². The van der Waals surface area contributed by atoms with Crippen molar-refractivity contribution < 1.29 is 19.1 Å². The van der Waals surface area contributed by atoms with E-state index < -0.39 is 5.60 Å². The average molecular weight is 348 g/mol. The molecule has 0 radical (unpaired) electrons. The zero-order valence-corrected chi connectivity index (χ0v) is 15.3. The molecule has 2 aliphatic rings. The number of hydrogen-bond acceptors (Lipinski definition) is 5. The van der Waals surface area contributed by atoms with Crippen LogP contribution < -0.4 is 5.32 Å². The van der Waals surface area contributed by atoms with E-state index in [9.17, 15) is 14.4 Å². The van der Waals surface area contributed by atoms with Crippen molar-refractivity contribution in [2.24, 2.45) is 11.8 Å². The van der Waals surface area contributed by atoms with Crippen LogP contribution in [0.4, 0.5) is 0 Å². The molecule has 1 aliphatic carbocycles. The number of nitrogens with zero attached hydrogens (tertiary/aromatic N) is 1. The van der Waals surface area contributed by atoms with Crippen molar-refractivity contribution in [1.82, 2.24) is 10.2 Å². The second kappa shape index (κ2) is 8.43. The Labute approximate surface area is 149 Å². The van der Waals surface area contributed by atoms with Crippen molar-refractivity contribution in [1.29, 1.82) is 0 Å². The van der Waals surface area contributed by atoms with Crippen molar-refractivity contribution in [3.05, 3.63) is 24.3 Å². The van der Waals surface area contributed by atoms with Crippen molar-refractivity contribution in [2.75, 3.05) is 19.6 Å². The minimum atomic E-state index is -0.463. The number of carbonyl (C=O) groups is 3. The highest BCUT2D eigenvalue weighted by Crippen LogP contribution is 2.31. The molecule has 2 rings (SSSR count). The van der Waals surface area contributed by atoms with E-state index in [4.69, 9.17) is 4.74 Å². The summed E-state index contributed by atoms with van der Waals surface area (Å²) in [6.45, 7) is 6.90. The Morgan fingerprint density at radius 2 is 1.68 bits per heavy atom. The number of carbonyl (C=O) groups excluding carboxylic acids is 3. The predicted molar refractivity (Wildman–Crippen MR) is 94.5 cm³/mol. The van der Waals surface area contributed by atoms with E-state index >= 15 is 0 Å². The third-order valence-corrected chi connectivity index (χ3v) is 4.16. The molecule has 1 N–H and O–H groups in total. The number of likely N-dealkylation sites (tertiary alicyclic amines) is 1. The highest BCUT2D eigenvalue weighted by atomic mass is 16.6. The van der Waals surface area contributed by atoms with Gasteiger partial charge in [0.1, 0.15) is 5.60 Å². The first-order chi connectivity index (χ1) is 11.8. The maximum Gasteiger partial charge on any atom is 0.320 e. The highest BCUT2D eigenvalue weighted by molar-refractivity contribution is 6.07. The summed E-state index contributed by atoms with van der Waals surface area (Å²) >= 11 is 0. The molecule has 2 unspecified atom stereocenters. The lowest BCUT2D eigenvalue weighted by molar-refractivity contribution is -0.153. The maximum atomic E-state index is 12.3. The van der Waals surface area contributed by atoms with Crippen molar-refractivity contribution in [3.8, 4) is 0 Å². The number of ether oxygens (including phenoxy) is 1. The van der Waals surface area contributed by atoms with E-state index in [0.717, 1.165) is 19.3 Å². The van der Waals surface area contributed by atoms with Crippen LogP contribution in [0.3, 0.4) is 0 Å². The summed E-state index contributed by atoms with van der Waals surface area (Å²) < 4.78 is 5.21. The quantitative estimate of drug-likeness (QED) is 0.411. The van der Waals surface area contributed by atoms with Gasteiger partial charge in [0.15, 0.2) is 0 Å². The van der Waals surface area contributed by atoms with Crippen LogP contribution in [0.25, 0.3) is 0 Å². The van der Waals surface area contributed by atoms with E-state index in [1.54, 1.807) is 0 Å². The lowest BCUT2D eigenvalue weighted by Gasteiger charge is -2.19. The standard InChI is InChI=1S/C19H28N2O4/c1-19(2,3)25-16(22)13-20-11-7-4-8-12-21-17(23)14-9-5-6-10-15(14)18(21)24/h5-6,9-10,14-15,20H,4,7-8,11-13H2,1-3H3. The Bertz CT molecular complexity index is 544. The smallest absolute Gasteiger partial charge is 0.320 e. The highest BCUT2D eigenvalue weighted by Gasteiger charge is 2.44. The Kier molecular flexibility index (Phi) is 6.53. The van der Waals surface area contributed by atoms with E-state index in [0.29, 0.717) is 13.1 Å². The Balaban J connectivity index is 1.59. The molecule has 6 heteroatoms. The van der Waals surface area contributed by atoms with Gasteiger partial charge in [-0.25, -0.2) is 0 Å². The van der Waals surface area contributed by atoms with Crippen LogP contribution in [0.5, 0.6) is 0 Å². The monoisotopic (exact) mass is 348 g/mol. The van der Waals surface area contributed by atoms with Crippen LogP contribution in [0.15, 0.2) is 24.3 Å². The van der Waals surface area contributed by atoms with Crippen LogP contribution >= 0.6 is 0 Å². The van der Waals surface area contributed by atoms with Gasteiger partial charge in [-0.05, 0) is 40.2 Å². The fourth-order valence-electron chi connectivity index (χ4n) is 3.03. The van der Waals surface area contributed by atoms with Gasteiger partial charge in [-0.1, -0.05) is 30.7 Å². The molecule has 138 valence electrons. The van der Waals surface area contributed by atoms with Gasteiger partial charge in [0, 0.05) is 6.54 Å². The van der Waals surface area contributed by atoms with Gasteiger partial charge >= 0.3 is 5.97 Å². The second-order valence-corrected chi connectivity index (χ2v) is 7.47. The number of imide groups is 1. The fraction of sp³-hybridized carbons (Fsp3) is 0.632. The molecule has 0 aromatic rings. The van der Waals surface area contributed by atoms with Crippen molar-refractivity contribution >= 4 is 17.8 Å². The first kappa shape index (κ1) is 19.4. The van der Waals surface area contributed by atoms with Crippen LogP contribution in [0.1, 0.15) is 40.0 Å². The van der Waals surface area contributed by atoms with E-state index in [1.807, 2.05) is 45.1 Å². The van der Waals surface area contributed by atoms with Gasteiger partial charge < -0.3 is 10.1 Å². The van der Waals surface area contributed by atoms with Gasteiger partial charge in [-0.15, -0.1) is 0 Å². The van der Waals surface area contributed by atoms with Gasteiger partial charge in [-0.3, -0.25) is 19.3 Å². The topological polar surface area (TPSA) is 75.7 Å². The molecule has 1 heterocycles. The molecule has 0 aromatic carbocycles. The zero-order chi connectivity index (χ0) is 18.4. The molecule has 25 heavy (non-hydrogen) atoms. The predicted octanol–water partition coefficient (Wildman–Crippen LogP) is 1.82. The van der Waals surface area contributed by atoms with Crippen LogP contribution in [-0.4, -0.2) is 47.9 Å². The minimum absolute atomic E-state index is 0.0846. The summed E-state index contributed by atoms with van der Waals surface area (Å²) in [4.78, 5) is 37.5. The third-order valence-electron chi connectivity index (χ3n) is 4.16. The summed E-state index contributed by atoms with van der Waals surface area (Å²) in [5.41, 5.74) is -0.463. The molecule has 0 aromatic heterocycles. The number of rotatable bonds is 8. The summed E-state index contributed by atoms with van der Waals surface area (Å²) in [5, 5.41) is 3.05. The Hall–Kier alpha value is -1.95. The third kappa shape index (κ3) is 5.53. The van der Waals surface area contributed by atoms with Crippen molar-refractivity contribution in [3.63, 3.8) is 0 Å². The summed E-state index contributed by atoms with van der Waals surface area (Å²) in [6, 6.07) is 0. The van der Waals surface area contributed by atoms with Gasteiger partial charge in [-0.2, -0.15) is 0 Å². The van der Waals surface area contributed by atoms with E-state index in [2.05, 4.69) is 5.32 Å². The Morgan fingerprint density at radius 1 is 1.08 bits per heavy atom. The molecule has 0 saturated carbocycles. The number of nitrogens with one attached hydrogen (secondary N) is 1. The zero-order valence-electron chi connectivity index (χ0n) is 15.3.